The summed E-state index contributed by atoms with van der Waals surface area (Å²) < 4.78 is 20.1. The van der Waals surface area contributed by atoms with E-state index in [1.54, 1.807) is 0 Å². The molecule has 30 heavy (non-hydrogen) atoms. The molecule has 0 aromatic heterocycles. The van der Waals surface area contributed by atoms with Crippen molar-refractivity contribution in [3.8, 4) is 11.1 Å². The van der Waals surface area contributed by atoms with Crippen molar-refractivity contribution in [2.75, 3.05) is 0 Å². The molecule has 0 bridgehead atoms. The first kappa shape index (κ1) is 21.7. The number of halogens is 1. The molecule has 4 nitrogen and oxygen atoms in total. The lowest BCUT2D eigenvalue weighted by atomic mass is 9.84. The number of benzene rings is 3. The van der Waals surface area contributed by atoms with Crippen LogP contribution in [-0.2, 0) is 9.53 Å². The molecule has 2 N–H and O–H groups in total. The molecule has 0 saturated carbocycles. The van der Waals surface area contributed by atoms with Crippen molar-refractivity contribution in [3.63, 3.8) is 0 Å². The minimum atomic E-state index is -0.851. The highest BCUT2D eigenvalue weighted by atomic mass is 19.1. The summed E-state index contributed by atoms with van der Waals surface area (Å²) in [6.45, 7) is 9.03. The van der Waals surface area contributed by atoms with Crippen LogP contribution >= 0.6 is 0 Å². The van der Waals surface area contributed by atoms with Gasteiger partial charge >= 0.3 is 0 Å². The molecular weight excluding hydrogens is 381 g/mol. The first-order valence-corrected chi connectivity index (χ1v) is 9.80. The topological polar surface area (TPSA) is 69.4 Å². The molecule has 0 saturated heterocycles. The van der Waals surface area contributed by atoms with Gasteiger partial charge in [0.05, 0.1) is 5.60 Å². The van der Waals surface area contributed by atoms with Crippen molar-refractivity contribution in [1.82, 2.24) is 0 Å². The predicted octanol–water partition coefficient (Wildman–Crippen LogP) is 5.50. The molecule has 1 amide bonds. The Kier molecular flexibility index (Phi) is 5.77. The summed E-state index contributed by atoms with van der Waals surface area (Å²) in [6.07, 6.45) is -0.851. The van der Waals surface area contributed by atoms with E-state index in [0.29, 0.717) is 16.7 Å². The Bertz CT molecular complexity index is 1150. The first-order chi connectivity index (χ1) is 14.0. The molecule has 3 rings (SSSR count). The third-order valence-corrected chi connectivity index (χ3v) is 4.92. The van der Waals surface area contributed by atoms with Gasteiger partial charge in [0, 0.05) is 5.56 Å². The molecule has 156 valence electrons. The number of carbonyl (C=O) groups is 2. The highest BCUT2D eigenvalue weighted by Gasteiger charge is 2.30. The second kappa shape index (κ2) is 8.00. The zero-order chi connectivity index (χ0) is 22.2. The van der Waals surface area contributed by atoms with E-state index in [1.165, 1.54) is 19.1 Å². The van der Waals surface area contributed by atoms with E-state index < -0.39 is 23.4 Å². The van der Waals surface area contributed by atoms with Gasteiger partial charge in [-0.3, -0.25) is 9.59 Å². The number of ether oxygens (including phenoxy) is 1. The van der Waals surface area contributed by atoms with Crippen molar-refractivity contribution in [2.45, 2.75) is 46.3 Å². The third kappa shape index (κ3) is 4.26. The molecule has 0 aliphatic heterocycles. The van der Waals surface area contributed by atoms with Crippen molar-refractivity contribution >= 4 is 22.5 Å². The fourth-order valence-corrected chi connectivity index (χ4v) is 3.77. The van der Waals surface area contributed by atoms with Gasteiger partial charge in [0.15, 0.2) is 5.78 Å². The SMILES string of the molecule is CC(=O)[C@@H](OC(C)(C)C)c1c(C)cc2ccccc2c1-c1ccc(F)cc1C(N)=O. The van der Waals surface area contributed by atoms with Crippen molar-refractivity contribution < 1.29 is 18.7 Å². The standard InChI is InChI=1S/C25H26FNO3/c1-14-12-16-8-6-7-9-18(16)22(19-11-10-17(26)13-20(19)24(27)29)21(14)23(15(2)28)30-25(3,4)5/h6-13,23H,1-5H3,(H2,27,29)/t23-/m1/s1. The lowest BCUT2D eigenvalue weighted by Crippen LogP contribution is -2.27. The lowest BCUT2D eigenvalue weighted by molar-refractivity contribution is -0.138. The number of rotatable bonds is 5. The maximum Gasteiger partial charge on any atom is 0.249 e. The molecule has 0 heterocycles. The van der Waals surface area contributed by atoms with Crippen LogP contribution in [0.15, 0.2) is 48.5 Å². The summed E-state index contributed by atoms with van der Waals surface area (Å²) in [6, 6.07) is 13.6. The number of nitrogens with two attached hydrogens (primary N) is 1. The number of primary amides is 1. The van der Waals surface area contributed by atoms with E-state index in [-0.39, 0.29) is 11.3 Å². The molecule has 0 unspecified atom stereocenters. The Morgan fingerprint density at radius 3 is 2.33 bits per heavy atom. The van der Waals surface area contributed by atoms with Gasteiger partial charge in [0.1, 0.15) is 11.9 Å². The molecule has 0 aliphatic carbocycles. The van der Waals surface area contributed by atoms with E-state index >= 15 is 0 Å². The van der Waals surface area contributed by atoms with Gasteiger partial charge in [-0.25, -0.2) is 4.39 Å². The summed E-state index contributed by atoms with van der Waals surface area (Å²) in [5, 5.41) is 1.77. The molecule has 0 aliphatic rings. The normalized spacial score (nSPS) is 12.7. The highest BCUT2D eigenvalue weighted by Crippen LogP contribution is 2.41. The number of Topliss-reactive ketones (excluding diaryl/α,β-unsaturated/α-hetero) is 1. The van der Waals surface area contributed by atoms with E-state index in [1.807, 2.05) is 58.0 Å². The van der Waals surface area contributed by atoms with Crippen LogP contribution in [0, 0.1) is 12.7 Å². The van der Waals surface area contributed by atoms with Gasteiger partial charge in [-0.15, -0.1) is 0 Å². The van der Waals surface area contributed by atoms with Crippen LogP contribution in [0.4, 0.5) is 4.39 Å². The third-order valence-electron chi connectivity index (χ3n) is 4.92. The van der Waals surface area contributed by atoms with Crippen LogP contribution in [0.5, 0.6) is 0 Å². The van der Waals surface area contributed by atoms with Gasteiger partial charge in [0.25, 0.3) is 0 Å². The molecule has 0 spiro atoms. The van der Waals surface area contributed by atoms with Gasteiger partial charge < -0.3 is 10.5 Å². The Hall–Kier alpha value is -3.05. The van der Waals surface area contributed by atoms with Crippen molar-refractivity contribution in [2.24, 2.45) is 5.73 Å². The predicted molar refractivity (Wildman–Crippen MR) is 117 cm³/mol. The van der Waals surface area contributed by atoms with Gasteiger partial charge in [0.2, 0.25) is 5.91 Å². The summed E-state index contributed by atoms with van der Waals surface area (Å²) in [7, 11) is 0. The van der Waals surface area contributed by atoms with Crippen LogP contribution in [-0.4, -0.2) is 17.3 Å². The van der Waals surface area contributed by atoms with Crippen molar-refractivity contribution in [1.29, 1.82) is 0 Å². The first-order valence-electron chi connectivity index (χ1n) is 9.80. The van der Waals surface area contributed by atoms with E-state index in [0.717, 1.165) is 22.4 Å². The molecule has 0 radical (unpaired) electrons. The number of hydrogen-bond donors (Lipinski definition) is 1. The van der Waals surface area contributed by atoms with Gasteiger partial charge in [-0.2, -0.15) is 0 Å². The van der Waals surface area contributed by atoms with E-state index in [2.05, 4.69) is 0 Å². The second-order valence-electron chi connectivity index (χ2n) is 8.48. The van der Waals surface area contributed by atoms with Gasteiger partial charge in [-0.05, 0) is 79.8 Å². The fraction of sp³-hybridized carbons (Fsp3) is 0.280. The smallest absolute Gasteiger partial charge is 0.249 e. The molecule has 1 atom stereocenters. The molecule has 5 heteroatoms. The maximum atomic E-state index is 13.9. The number of hydrogen-bond acceptors (Lipinski definition) is 3. The van der Waals surface area contributed by atoms with E-state index in [9.17, 15) is 14.0 Å². The number of fused-ring (bicyclic) bond motifs is 1. The minimum absolute atomic E-state index is 0.0602. The Morgan fingerprint density at radius 1 is 1.07 bits per heavy atom. The Balaban J connectivity index is 2.47. The average Bonchev–Trinajstić information content (AvgIpc) is 2.64. The molecule has 0 fully saturated rings. The van der Waals surface area contributed by atoms with Gasteiger partial charge in [-0.1, -0.05) is 36.4 Å². The number of ketones is 1. The largest absolute Gasteiger partial charge is 0.366 e. The van der Waals surface area contributed by atoms with Crippen LogP contribution in [0.1, 0.15) is 55.3 Å². The summed E-state index contributed by atoms with van der Waals surface area (Å²) in [4.78, 5) is 24.9. The molecule has 3 aromatic carbocycles. The number of carbonyl (C=O) groups excluding carboxylic acids is 2. The average molecular weight is 407 g/mol. The van der Waals surface area contributed by atoms with E-state index in [4.69, 9.17) is 10.5 Å². The summed E-state index contributed by atoms with van der Waals surface area (Å²) >= 11 is 0. The van der Waals surface area contributed by atoms with Crippen LogP contribution in [0.3, 0.4) is 0 Å². The zero-order valence-corrected chi connectivity index (χ0v) is 17.9. The summed E-state index contributed by atoms with van der Waals surface area (Å²) in [5.41, 5.74) is 7.69. The quantitative estimate of drug-likeness (QED) is 0.607. The maximum absolute atomic E-state index is 13.9. The molecule has 3 aromatic rings. The Morgan fingerprint density at radius 2 is 1.73 bits per heavy atom. The second-order valence-corrected chi connectivity index (χ2v) is 8.48. The van der Waals surface area contributed by atoms with Crippen LogP contribution in [0.25, 0.3) is 21.9 Å². The zero-order valence-electron chi connectivity index (χ0n) is 17.9. The highest BCUT2D eigenvalue weighted by molar-refractivity contribution is 6.07. The van der Waals surface area contributed by atoms with Crippen LogP contribution in [0.2, 0.25) is 0 Å². The minimum Gasteiger partial charge on any atom is -0.366 e. The van der Waals surface area contributed by atoms with Crippen molar-refractivity contribution in [3.05, 3.63) is 71.0 Å². The summed E-state index contributed by atoms with van der Waals surface area (Å²) in [5.74, 6) is -1.45. The number of amides is 1. The van der Waals surface area contributed by atoms with Crippen LogP contribution < -0.4 is 5.73 Å². The molecular formula is C25H26FNO3. The lowest BCUT2D eigenvalue weighted by Gasteiger charge is -2.30. The number of aryl methyl sites for hydroxylation is 1. The Labute approximate surface area is 175 Å². The monoisotopic (exact) mass is 407 g/mol. The fourth-order valence-electron chi connectivity index (χ4n) is 3.77.